The molecule has 2 saturated carbocycles. The molecule has 2 aliphatic rings. The first-order valence-corrected chi connectivity index (χ1v) is 7.67. The van der Waals surface area contributed by atoms with E-state index in [1.807, 2.05) is 12.4 Å². The Morgan fingerprint density at radius 2 is 2.35 bits per heavy atom. The molecule has 0 amide bonds. The quantitative estimate of drug-likeness (QED) is 0.865. The topological polar surface area (TPSA) is 67.2 Å². The molecule has 1 aromatic heterocycles. The van der Waals surface area contributed by atoms with Gasteiger partial charge in [-0.1, -0.05) is 6.92 Å². The summed E-state index contributed by atoms with van der Waals surface area (Å²) >= 11 is 0. The van der Waals surface area contributed by atoms with E-state index in [2.05, 4.69) is 21.8 Å². The van der Waals surface area contributed by atoms with Crippen LogP contribution >= 0.6 is 0 Å². The fourth-order valence-electron chi connectivity index (χ4n) is 3.44. The number of hydrogen-bond donors (Lipinski definition) is 2. The zero-order chi connectivity index (χ0) is 14.2. The first-order valence-electron chi connectivity index (χ1n) is 7.67. The van der Waals surface area contributed by atoms with Crippen LogP contribution in [0.3, 0.4) is 0 Å². The number of rotatable bonds is 5. The van der Waals surface area contributed by atoms with Gasteiger partial charge in [-0.05, 0) is 38.5 Å². The van der Waals surface area contributed by atoms with Crippen LogP contribution in [0.25, 0.3) is 0 Å². The minimum atomic E-state index is -0.737. The van der Waals surface area contributed by atoms with Crippen LogP contribution in [0.15, 0.2) is 12.4 Å². The molecule has 5 heteroatoms. The van der Waals surface area contributed by atoms with Crippen LogP contribution in [0.1, 0.15) is 57.3 Å². The lowest BCUT2D eigenvalue weighted by molar-refractivity contribution is -0.147. The first-order chi connectivity index (χ1) is 9.64. The second kappa shape index (κ2) is 5.20. The summed E-state index contributed by atoms with van der Waals surface area (Å²) in [4.78, 5) is 16.2. The standard InChI is InChI=1S/C15H23N3O2/c1-2-13-16-8-9-18(13)12-4-3-7-15(10-12,14(19)20)17-11-5-6-11/h8-9,11-12,17H,2-7,10H2,1H3,(H,19,20). The molecule has 0 spiro atoms. The SMILES string of the molecule is CCc1nccn1C1CCCC(NC2CC2)(C(=O)O)C1. The molecule has 1 aromatic rings. The first kappa shape index (κ1) is 13.6. The minimum absolute atomic E-state index is 0.253. The molecule has 0 radical (unpaired) electrons. The highest BCUT2D eigenvalue weighted by molar-refractivity contribution is 5.79. The van der Waals surface area contributed by atoms with E-state index in [9.17, 15) is 9.90 Å². The minimum Gasteiger partial charge on any atom is -0.480 e. The molecular formula is C15H23N3O2. The number of hydrogen-bond acceptors (Lipinski definition) is 3. The largest absolute Gasteiger partial charge is 0.480 e. The van der Waals surface area contributed by atoms with Crippen LogP contribution in [-0.4, -0.2) is 32.2 Å². The Balaban J connectivity index is 1.82. The number of carboxylic acid groups (broad SMARTS) is 1. The molecule has 5 nitrogen and oxygen atoms in total. The Bertz CT molecular complexity index is 495. The van der Waals surface area contributed by atoms with Gasteiger partial charge in [0.1, 0.15) is 11.4 Å². The van der Waals surface area contributed by atoms with Crippen molar-refractivity contribution in [3.05, 3.63) is 18.2 Å². The maximum atomic E-state index is 11.8. The second-order valence-corrected chi connectivity index (χ2v) is 6.16. The number of nitrogens with one attached hydrogen (secondary N) is 1. The molecule has 2 unspecified atom stereocenters. The van der Waals surface area contributed by atoms with E-state index in [-0.39, 0.29) is 6.04 Å². The van der Waals surface area contributed by atoms with Crippen molar-refractivity contribution in [1.82, 2.24) is 14.9 Å². The lowest BCUT2D eigenvalue weighted by atomic mass is 9.78. The summed E-state index contributed by atoms with van der Waals surface area (Å²) < 4.78 is 2.19. The average molecular weight is 277 g/mol. The molecule has 1 heterocycles. The highest BCUT2D eigenvalue weighted by Gasteiger charge is 2.46. The van der Waals surface area contributed by atoms with E-state index in [0.717, 1.165) is 44.3 Å². The summed E-state index contributed by atoms with van der Waals surface area (Å²) in [6.07, 6.45) is 10.4. The Kier molecular flexibility index (Phi) is 3.54. The van der Waals surface area contributed by atoms with Gasteiger partial charge in [0.2, 0.25) is 0 Å². The zero-order valence-electron chi connectivity index (χ0n) is 12.0. The van der Waals surface area contributed by atoms with Crippen LogP contribution in [0.4, 0.5) is 0 Å². The van der Waals surface area contributed by atoms with E-state index < -0.39 is 11.5 Å². The molecule has 2 atom stereocenters. The number of carbonyl (C=O) groups is 1. The molecule has 2 N–H and O–H groups in total. The Morgan fingerprint density at radius 3 is 3.00 bits per heavy atom. The van der Waals surface area contributed by atoms with Gasteiger partial charge in [0.05, 0.1) is 0 Å². The van der Waals surface area contributed by atoms with Gasteiger partial charge in [0.25, 0.3) is 0 Å². The van der Waals surface area contributed by atoms with Crippen molar-refractivity contribution in [2.75, 3.05) is 0 Å². The Labute approximate surface area is 119 Å². The molecule has 110 valence electrons. The van der Waals surface area contributed by atoms with Gasteiger partial charge in [-0.2, -0.15) is 0 Å². The van der Waals surface area contributed by atoms with E-state index in [4.69, 9.17) is 0 Å². The summed E-state index contributed by atoms with van der Waals surface area (Å²) in [5.74, 6) is 0.370. The molecule has 0 saturated heterocycles. The number of aliphatic carboxylic acids is 1. The van der Waals surface area contributed by atoms with Gasteiger partial charge in [-0.3, -0.25) is 10.1 Å². The maximum absolute atomic E-state index is 11.8. The summed E-state index contributed by atoms with van der Waals surface area (Å²) in [7, 11) is 0. The lowest BCUT2D eigenvalue weighted by Gasteiger charge is -2.39. The number of aryl methyl sites for hydroxylation is 1. The molecule has 0 bridgehead atoms. The summed E-state index contributed by atoms with van der Waals surface area (Å²) in [6.45, 7) is 2.09. The van der Waals surface area contributed by atoms with Gasteiger partial charge < -0.3 is 9.67 Å². The number of imidazole rings is 1. The van der Waals surface area contributed by atoms with Gasteiger partial charge in [-0.25, -0.2) is 4.98 Å². The molecule has 2 fully saturated rings. The third kappa shape index (κ3) is 2.46. The van der Waals surface area contributed by atoms with Crippen molar-refractivity contribution < 1.29 is 9.90 Å². The van der Waals surface area contributed by atoms with Crippen LogP contribution < -0.4 is 5.32 Å². The number of nitrogens with zero attached hydrogens (tertiary/aromatic N) is 2. The van der Waals surface area contributed by atoms with E-state index in [1.54, 1.807) is 0 Å². The van der Waals surface area contributed by atoms with Gasteiger partial charge in [0, 0.05) is 30.9 Å². The molecular weight excluding hydrogens is 254 g/mol. The second-order valence-electron chi connectivity index (χ2n) is 6.16. The van der Waals surface area contributed by atoms with Crippen molar-refractivity contribution in [2.45, 2.75) is 69.5 Å². The predicted octanol–water partition coefficient (Wildman–Crippen LogP) is 2.14. The van der Waals surface area contributed by atoms with E-state index >= 15 is 0 Å². The van der Waals surface area contributed by atoms with Gasteiger partial charge >= 0.3 is 5.97 Å². The van der Waals surface area contributed by atoms with Crippen molar-refractivity contribution in [1.29, 1.82) is 0 Å². The predicted molar refractivity (Wildman–Crippen MR) is 75.6 cm³/mol. The smallest absolute Gasteiger partial charge is 0.323 e. The summed E-state index contributed by atoms with van der Waals surface area (Å²) in [6, 6.07) is 0.668. The third-order valence-corrected chi connectivity index (χ3v) is 4.65. The normalized spacial score (nSPS) is 30.4. The Morgan fingerprint density at radius 1 is 1.55 bits per heavy atom. The van der Waals surface area contributed by atoms with Crippen molar-refractivity contribution in [2.24, 2.45) is 0 Å². The van der Waals surface area contributed by atoms with E-state index in [1.165, 1.54) is 0 Å². The van der Waals surface area contributed by atoms with Crippen molar-refractivity contribution in [3.8, 4) is 0 Å². The van der Waals surface area contributed by atoms with Crippen LogP contribution in [0.5, 0.6) is 0 Å². The van der Waals surface area contributed by atoms with Crippen LogP contribution in [0.2, 0.25) is 0 Å². The summed E-state index contributed by atoms with van der Waals surface area (Å²) in [5, 5.41) is 13.1. The average Bonchev–Trinajstić information content (AvgIpc) is 3.12. The molecule has 0 aromatic carbocycles. The number of aromatic nitrogens is 2. The van der Waals surface area contributed by atoms with Crippen molar-refractivity contribution >= 4 is 5.97 Å². The lowest BCUT2D eigenvalue weighted by Crippen LogP contribution is -2.56. The monoisotopic (exact) mass is 277 g/mol. The molecule has 2 aliphatic carbocycles. The Hall–Kier alpha value is -1.36. The van der Waals surface area contributed by atoms with Crippen LogP contribution in [0, 0.1) is 0 Å². The number of carboxylic acids is 1. The third-order valence-electron chi connectivity index (χ3n) is 4.65. The fraction of sp³-hybridized carbons (Fsp3) is 0.733. The zero-order valence-corrected chi connectivity index (χ0v) is 12.0. The molecule has 20 heavy (non-hydrogen) atoms. The van der Waals surface area contributed by atoms with Gasteiger partial charge in [0.15, 0.2) is 0 Å². The highest BCUT2D eigenvalue weighted by Crippen LogP contribution is 2.38. The van der Waals surface area contributed by atoms with E-state index in [0.29, 0.717) is 12.5 Å². The molecule has 3 rings (SSSR count). The van der Waals surface area contributed by atoms with Crippen LogP contribution in [-0.2, 0) is 11.2 Å². The van der Waals surface area contributed by atoms with Gasteiger partial charge in [-0.15, -0.1) is 0 Å². The summed E-state index contributed by atoms with van der Waals surface area (Å²) in [5.41, 5.74) is -0.737. The molecule has 0 aliphatic heterocycles. The fourth-order valence-corrected chi connectivity index (χ4v) is 3.44. The highest BCUT2D eigenvalue weighted by atomic mass is 16.4. The van der Waals surface area contributed by atoms with Crippen molar-refractivity contribution in [3.63, 3.8) is 0 Å². The maximum Gasteiger partial charge on any atom is 0.323 e.